The molecule has 3 aromatic rings. The molecule has 0 bridgehead atoms. The molecule has 1 saturated carbocycles. The molecule has 2 aromatic heterocycles. The van der Waals surface area contributed by atoms with E-state index in [4.69, 9.17) is 4.74 Å². The zero-order valence-corrected chi connectivity index (χ0v) is 24.9. The second-order valence-electron chi connectivity index (χ2n) is 12.2. The van der Waals surface area contributed by atoms with Gasteiger partial charge < -0.3 is 24.5 Å². The number of aromatic amines is 1. The summed E-state index contributed by atoms with van der Waals surface area (Å²) < 4.78 is 21.6. The highest BCUT2D eigenvalue weighted by Crippen LogP contribution is 2.34. The molecule has 43 heavy (non-hydrogen) atoms. The minimum absolute atomic E-state index is 0.00365. The van der Waals surface area contributed by atoms with E-state index in [1.165, 1.54) is 43.5 Å². The van der Waals surface area contributed by atoms with Crippen molar-refractivity contribution in [3.8, 4) is 5.88 Å². The van der Waals surface area contributed by atoms with Crippen LogP contribution in [0, 0.1) is 11.7 Å². The SMILES string of the molecule is C[C@H]1CN(C(=O)[C@H]2CC[C@@H](n3/c(=N/C(=O)c4ccc(F)cc4)[nH]c4cnc(OCCN5CCCCC5)cc43)CC2)CCN1. The molecule has 2 aliphatic heterocycles. The number of nitrogens with one attached hydrogen (secondary N) is 2. The van der Waals surface area contributed by atoms with E-state index in [0.29, 0.717) is 29.7 Å². The number of nitrogens with zero attached hydrogens (tertiary/aromatic N) is 5. The third-order valence-electron chi connectivity index (χ3n) is 9.09. The first-order chi connectivity index (χ1) is 20.9. The summed E-state index contributed by atoms with van der Waals surface area (Å²) in [6.07, 6.45) is 8.62. The van der Waals surface area contributed by atoms with Crippen LogP contribution in [-0.2, 0) is 4.79 Å². The molecule has 0 spiro atoms. The van der Waals surface area contributed by atoms with Crippen LogP contribution >= 0.6 is 0 Å². The molecule has 3 aliphatic rings. The molecule has 2 N–H and O–H groups in total. The summed E-state index contributed by atoms with van der Waals surface area (Å²) in [7, 11) is 0. The number of carbonyl (C=O) groups excluding carboxylic acids is 2. The normalized spacial score (nSPS) is 23.9. The van der Waals surface area contributed by atoms with Gasteiger partial charge in [0.15, 0.2) is 0 Å². The van der Waals surface area contributed by atoms with E-state index in [1.807, 2.05) is 11.0 Å². The summed E-state index contributed by atoms with van der Waals surface area (Å²) in [5, 5.41) is 3.41. The Hall–Kier alpha value is -3.57. The average molecular weight is 592 g/mol. The van der Waals surface area contributed by atoms with Gasteiger partial charge in [-0.3, -0.25) is 14.5 Å². The lowest BCUT2D eigenvalue weighted by Crippen LogP contribution is -2.53. The topological polar surface area (TPSA) is 108 Å². The quantitative estimate of drug-likeness (QED) is 0.434. The minimum Gasteiger partial charge on any atom is -0.476 e. The highest BCUT2D eigenvalue weighted by molar-refractivity contribution is 5.94. The Bertz CT molecular complexity index is 1490. The molecule has 1 aliphatic carbocycles. The van der Waals surface area contributed by atoms with Crippen LogP contribution in [0.3, 0.4) is 0 Å². The van der Waals surface area contributed by atoms with Crippen LogP contribution in [0.4, 0.5) is 4.39 Å². The van der Waals surface area contributed by atoms with E-state index >= 15 is 0 Å². The average Bonchev–Trinajstić information content (AvgIpc) is 3.38. The van der Waals surface area contributed by atoms with Crippen molar-refractivity contribution in [3.63, 3.8) is 0 Å². The number of likely N-dealkylation sites (tertiary alicyclic amines) is 1. The minimum atomic E-state index is -0.456. The van der Waals surface area contributed by atoms with Gasteiger partial charge in [-0.25, -0.2) is 9.37 Å². The highest BCUT2D eigenvalue weighted by atomic mass is 19.1. The van der Waals surface area contributed by atoms with Crippen molar-refractivity contribution in [1.29, 1.82) is 0 Å². The van der Waals surface area contributed by atoms with Crippen LogP contribution in [-0.4, -0.2) is 88.1 Å². The predicted molar refractivity (Wildman–Crippen MR) is 161 cm³/mol. The van der Waals surface area contributed by atoms with Crippen LogP contribution in [0.1, 0.15) is 68.3 Å². The van der Waals surface area contributed by atoms with Gasteiger partial charge in [0, 0.05) is 55.8 Å². The fraction of sp³-hybridized carbons (Fsp3) is 0.562. The Morgan fingerprint density at radius 3 is 2.58 bits per heavy atom. The van der Waals surface area contributed by atoms with E-state index in [0.717, 1.165) is 76.0 Å². The van der Waals surface area contributed by atoms with Gasteiger partial charge in [0.1, 0.15) is 12.4 Å². The molecule has 1 aromatic carbocycles. The summed E-state index contributed by atoms with van der Waals surface area (Å²) in [5.41, 5.74) is 2.34. The molecule has 2 amide bonds. The summed E-state index contributed by atoms with van der Waals surface area (Å²) in [5.74, 6) is -0.0734. The Morgan fingerprint density at radius 2 is 1.84 bits per heavy atom. The lowest BCUT2D eigenvalue weighted by molar-refractivity contribution is -0.137. The number of piperidine rings is 1. The first kappa shape index (κ1) is 29.5. The number of amides is 2. The number of halogens is 1. The molecule has 0 radical (unpaired) electrons. The summed E-state index contributed by atoms with van der Waals surface area (Å²) in [6.45, 7) is 8.09. The number of fused-ring (bicyclic) bond motifs is 1. The van der Waals surface area contributed by atoms with Crippen molar-refractivity contribution in [1.82, 2.24) is 29.7 Å². The summed E-state index contributed by atoms with van der Waals surface area (Å²) in [6, 6.07) is 7.68. The van der Waals surface area contributed by atoms with Crippen LogP contribution in [0.15, 0.2) is 41.5 Å². The maximum Gasteiger partial charge on any atom is 0.280 e. The molecule has 6 rings (SSSR count). The maximum absolute atomic E-state index is 13.5. The molecule has 3 fully saturated rings. The monoisotopic (exact) mass is 591 g/mol. The van der Waals surface area contributed by atoms with Crippen LogP contribution in [0.2, 0.25) is 0 Å². The van der Waals surface area contributed by atoms with Crippen molar-refractivity contribution in [2.24, 2.45) is 10.9 Å². The number of aromatic nitrogens is 3. The Labute approximate surface area is 251 Å². The van der Waals surface area contributed by atoms with Crippen molar-refractivity contribution < 1.29 is 18.7 Å². The largest absolute Gasteiger partial charge is 0.476 e. The van der Waals surface area contributed by atoms with Crippen LogP contribution in [0.25, 0.3) is 11.0 Å². The van der Waals surface area contributed by atoms with E-state index in [-0.39, 0.29) is 17.9 Å². The third-order valence-corrected chi connectivity index (χ3v) is 9.09. The lowest BCUT2D eigenvalue weighted by Gasteiger charge is -2.36. The zero-order chi connectivity index (χ0) is 29.8. The molecule has 0 unspecified atom stereocenters. The van der Waals surface area contributed by atoms with E-state index in [2.05, 4.69) is 36.7 Å². The van der Waals surface area contributed by atoms with Gasteiger partial charge in [0.25, 0.3) is 5.91 Å². The number of ether oxygens (including phenoxy) is 1. The maximum atomic E-state index is 13.5. The number of H-pyrrole nitrogens is 1. The Balaban J connectivity index is 1.24. The second-order valence-corrected chi connectivity index (χ2v) is 12.2. The fourth-order valence-corrected chi connectivity index (χ4v) is 6.73. The number of benzene rings is 1. The first-order valence-electron chi connectivity index (χ1n) is 15.8. The zero-order valence-electron chi connectivity index (χ0n) is 24.9. The number of hydrogen-bond donors (Lipinski definition) is 2. The molecule has 230 valence electrons. The van der Waals surface area contributed by atoms with Gasteiger partial charge in [0.2, 0.25) is 17.4 Å². The number of imidazole rings is 1. The van der Waals surface area contributed by atoms with Gasteiger partial charge in [-0.1, -0.05) is 6.42 Å². The Kier molecular flexibility index (Phi) is 9.18. The number of piperazine rings is 1. The van der Waals surface area contributed by atoms with Gasteiger partial charge in [-0.15, -0.1) is 0 Å². The number of pyridine rings is 1. The van der Waals surface area contributed by atoms with Gasteiger partial charge in [-0.2, -0.15) is 4.99 Å². The van der Waals surface area contributed by atoms with E-state index in [9.17, 15) is 14.0 Å². The standard InChI is InChI=1S/C32H42FN7O3/c1-22-21-39(16-13-34-22)31(42)24-7-11-26(12-8-24)40-28-19-29(43-18-17-38-14-3-2-4-15-38)35-20-27(28)36-32(40)37-30(41)23-5-9-25(33)10-6-23/h5-6,9-10,19-20,22,24,26,34H,2-4,7-8,11-18,21H2,1H3,(H,36,37,41)/t22-,24-,26+/m0/s1. The van der Waals surface area contributed by atoms with Gasteiger partial charge in [0.05, 0.1) is 17.2 Å². The third kappa shape index (κ3) is 6.99. The summed E-state index contributed by atoms with van der Waals surface area (Å²) >= 11 is 0. The van der Waals surface area contributed by atoms with Crippen LogP contribution in [0.5, 0.6) is 5.88 Å². The van der Waals surface area contributed by atoms with Gasteiger partial charge in [-0.05, 0) is 82.8 Å². The molecular weight excluding hydrogens is 549 g/mol. The van der Waals surface area contributed by atoms with Crippen molar-refractivity contribution in [2.45, 2.75) is 64.0 Å². The Morgan fingerprint density at radius 1 is 1.07 bits per heavy atom. The van der Waals surface area contributed by atoms with Crippen molar-refractivity contribution in [2.75, 3.05) is 45.9 Å². The summed E-state index contributed by atoms with van der Waals surface area (Å²) in [4.78, 5) is 43.1. The predicted octanol–water partition coefficient (Wildman–Crippen LogP) is 3.66. The number of carbonyl (C=O) groups is 2. The highest BCUT2D eigenvalue weighted by Gasteiger charge is 2.32. The molecule has 4 heterocycles. The molecule has 2 saturated heterocycles. The van der Waals surface area contributed by atoms with Crippen molar-refractivity contribution in [3.05, 3.63) is 53.5 Å². The lowest BCUT2D eigenvalue weighted by atomic mass is 9.84. The van der Waals surface area contributed by atoms with Crippen LogP contribution < -0.4 is 15.7 Å². The fourth-order valence-electron chi connectivity index (χ4n) is 6.73. The van der Waals surface area contributed by atoms with E-state index < -0.39 is 11.7 Å². The first-order valence-corrected chi connectivity index (χ1v) is 15.8. The number of hydrogen-bond acceptors (Lipinski definition) is 6. The molecular formula is C32H42FN7O3. The molecule has 1 atom stereocenters. The number of rotatable bonds is 7. The van der Waals surface area contributed by atoms with Gasteiger partial charge >= 0.3 is 0 Å². The second kappa shape index (κ2) is 13.4. The smallest absolute Gasteiger partial charge is 0.280 e. The molecule has 11 heteroatoms. The van der Waals surface area contributed by atoms with E-state index in [1.54, 1.807) is 6.20 Å². The van der Waals surface area contributed by atoms with Crippen molar-refractivity contribution >= 4 is 22.8 Å². The molecule has 10 nitrogen and oxygen atoms in total.